The van der Waals surface area contributed by atoms with Gasteiger partial charge in [-0.3, -0.25) is 14.4 Å². The van der Waals surface area contributed by atoms with Gasteiger partial charge in [0.25, 0.3) is 0 Å². The van der Waals surface area contributed by atoms with Crippen molar-refractivity contribution in [3.05, 3.63) is 0 Å². The number of esters is 3. The van der Waals surface area contributed by atoms with Gasteiger partial charge in [-0.15, -0.1) is 0 Å². The summed E-state index contributed by atoms with van der Waals surface area (Å²) >= 11 is 0. The Morgan fingerprint density at radius 2 is 2.06 bits per heavy atom. The molecule has 0 aromatic rings. The van der Waals surface area contributed by atoms with E-state index in [1.54, 1.807) is 0 Å². The van der Waals surface area contributed by atoms with Crippen LogP contribution in [0.3, 0.4) is 0 Å². The van der Waals surface area contributed by atoms with E-state index in [-0.39, 0.29) is 48.6 Å². The monoisotopic (exact) mass is 256 g/mol. The highest BCUT2D eigenvalue weighted by atomic mass is 16.6. The molecule has 0 aromatic heterocycles. The van der Waals surface area contributed by atoms with Crippen LogP contribution >= 0.6 is 0 Å². The molecule has 0 aromatic carbocycles. The molecule has 6 heteroatoms. The second kappa shape index (κ2) is 4.96. The number of rotatable bonds is 3. The fourth-order valence-corrected chi connectivity index (χ4v) is 2.75. The Hall–Kier alpha value is -1.59. The maximum Gasteiger partial charge on any atom is 0.306 e. The third-order valence-electron chi connectivity index (χ3n) is 3.45. The molecule has 0 bridgehead atoms. The van der Waals surface area contributed by atoms with Crippen LogP contribution in [0.2, 0.25) is 0 Å². The van der Waals surface area contributed by atoms with Crippen LogP contribution in [0, 0.1) is 11.8 Å². The lowest BCUT2D eigenvalue weighted by atomic mass is 9.93. The molecule has 1 saturated heterocycles. The molecule has 100 valence electrons. The quantitative estimate of drug-likeness (QED) is 0.538. The molecule has 1 heterocycles. The van der Waals surface area contributed by atoms with Crippen molar-refractivity contribution in [1.29, 1.82) is 0 Å². The molecule has 4 atom stereocenters. The Bertz CT molecular complexity index is 377. The van der Waals surface area contributed by atoms with Gasteiger partial charge < -0.3 is 14.2 Å². The summed E-state index contributed by atoms with van der Waals surface area (Å²) in [6.07, 6.45) is 0.225. The molecule has 1 aliphatic heterocycles. The summed E-state index contributed by atoms with van der Waals surface area (Å²) in [7, 11) is 0. The fourth-order valence-electron chi connectivity index (χ4n) is 2.75. The van der Waals surface area contributed by atoms with Gasteiger partial charge in [-0.25, -0.2) is 0 Å². The van der Waals surface area contributed by atoms with Gasteiger partial charge in [-0.05, 0) is 0 Å². The van der Waals surface area contributed by atoms with Crippen LogP contribution in [-0.2, 0) is 28.6 Å². The smallest absolute Gasteiger partial charge is 0.306 e. The van der Waals surface area contributed by atoms with Crippen molar-refractivity contribution in [1.82, 2.24) is 0 Å². The molecule has 18 heavy (non-hydrogen) atoms. The number of ether oxygens (including phenoxy) is 3. The van der Waals surface area contributed by atoms with Gasteiger partial charge in [0.2, 0.25) is 0 Å². The molecule has 0 unspecified atom stereocenters. The van der Waals surface area contributed by atoms with Gasteiger partial charge in [-0.2, -0.15) is 0 Å². The van der Waals surface area contributed by atoms with E-state index in [0.717, 1.165) is 0 Å². The number of hydrogen-bond acceptors (Lipinski definition) is 6. The van der Waals surface area contributed by atoms with Crippen LogP contribution in [0.15, 0.2) is 0 Å². The molecule has 0 spiro atoms. The highest BCUT2D eigenvalue weighted by Gasteiger charge is 2.51. The van der Waals surface area contributed by atoms with Gasteiger partial charge in [0.15, 0.2) is 0 Å². The lowest BCUT2D eigenvalue weighted by molar-refractivity contribution is -0.152. The third kappa shape index (κ3) is 2.63. The van der Waals surface area contributed by atoms with Crippen molar-refractivity contribution in [3.8, 4) is 0 Å². The van der Waals surface area contributed by atoms with Crippen LogP contribution in [0.5, 0.6) is 0 Å². The highest BCUT2D eigenvalue weighted by molar-refractivity contribution is 5.72. The first-order valence-electron chi connectivity index (χ1n) is 5.97. The Labute approximate surface area is 105 Å². The molecule has 0 N–H and O–H groups in total. The number of carbonyl (C=O) groups excluding carboxylic acids is 3. The summed E-state index contributed by atoms with van der Waals surface area (Å²) in [5.74, 6) is -1.18. The number of hydrogen-bond donors (Lipinski definition) is 0. The average molecular weight is 256 g/mol. The van der Waals surface area contributed by atoms with Crippen molar-refractivity contribution in [2.45, 2.75) is 38.9 Å². The van der Waals surface area contributed by atoms with E-state index in [0.29, 0.717) is 12.8 Å². The van der Waals surface area contributed by atoms with E-state index >= 15 is 0 Å². The number of carbonyl (C=O) groups is 3. The predicted molar refractivity (Wildman–Crippen MR) is 58.3 cm³/mol. The molecule has 2 rings (SSSR count). The first-order chi connectivity index (χ1) is 8.47. The van der Waals surface area contributed by atoms with Crippen LogP contribution < -0.4 is 0 Å². The Balaban J connectivity index is 2.04. The molecule has 2 aliphatic rings. The first kappa shape index (κ1) is 12.9. The maximum absolute atomic E-state index is 11.2. The Morgan fingerprint density at radius 1 is 1.33 bits per heavy atom. The zero-order valence-electron chi connectivity index (χ0n) is 10.4. The summed E-state index contributed by atoms with van der Waals surface area (Å²) in [4.78, 5) is 33.1. The first-order valence-corrected chi connectivity index (χ1v) is 5.97. The van der Waals surface area contributed by atoms with E-state index in [4.69, 9.17) is 14.2 Å². The third-order valence-corrected chi connectivity index (χ3v) is 3.45. The summed E-state index contributed by atoms with van der Waals surface area (Å²) in [6.45, 7) is 2.82. The standard InChI is InChI=1S/C12H16O6/c1-6(13)16-5-9-8-3-12(15)18-10(8)4-11(9)17-7(2)14/h8-11H,3-5H2,1-2H3/t8-,9-,10-,11-/m1/s1. The van der Waals surface area contributed by atoms with Crippen LogP contribution in [0.1, 0.15) is 26.7 Å². The summed E-state index contributed by atoms with van der Waals surface area (Å²) in [5.41, 5.74) is 0. The fraction of sp³-hybridized carbons (Fsp3) is 0.750. The molecule has 0 radical (unpaired) electrons. The molecule has 2 fully saturated rings. The summed E-state index contributed by atoms with van der Waals surface area (Å²) in [5, 5.41) is 0. The number of fused-ring (bicyclic) bond motifs is 1. The van der Waals surface area contributed by atoms with E-state index in [1.807, 2.05) is 0 Å². The van der Waals surface area contributed by atoms with Gasteiger partial charge in [-0.1, -0.05) is 0 Å². The summed E-state index contributed by atoms with van der Waals surface area (Å²) < 4.78 is 15.4. The minimum Gasteiger partial charge on any atom is -0.465 e. The van der Waals surface area contributed by atoms with E-state index < -0.39 is 0 Å². The van der Waals surface area contributed by atoms with Crippen LogP contribution in [0.4, 0.5) is 0 Å². The van der Waals surface area contributed by atoms with Gasteiger partial charge >= 0.3 is 17.9 Å². The van der Waals surface area contributed by atoms with Gasteiger partial charge in [0, 0.05) is 32.1 Å². The highest BCUT2D eigenvalue weighted by Crippen LogP contribution is 2.42. The van der Waals surface area contributed by atoms with Crippen molar-refractivity contribution >= 4 is 17.9 Å². The second-order valence-corrected chi connectivity index (χ2v) is 4.75. The largest absolute Gasteiger partial charge is 0.465 e. The zero-order valence-corrected chi connectivity index (χ0v) is 10.4. The van der Waals surface area contributed by atoms with E-state index in [1.165, 1.54) is 13.8 Å². The lowest BCUT2D eigenvalue weighted by Crippen LogP contribution is -2.29. The minimum absolute atomic E-state index is 0.0267. The molecule has 0 amide bonds. The van der Waals surface area contributed by atoms with E-state index in [2.05, 4.69) is 0 Å². The average Bonchev–Trinajstić information content (AvgIpc) is 2.70. The minimum atomic E-state index is -0.384. The van der Waals surface area contributed by atoms with Gasteiger partial charge in [0.1, 0.15) is 12.2 Å². The normalized spacial score (nSPS) is 33.8. The topological polar surface area (TPSA) is 78.9 Å². The lowest BCUT2D eigenvalue weighted by Gasteiger charge is -2.21. The van der Waals surface area contributed by atoms with Crippen molar-refractivity contribution in [2.75, 3.05) is 6.61 Å². The second-order valence-electron chi connectivity index (χ2n) is 4.75. The van der Waals surface area contributed by atoms with Crippen molar-refractivity contribution in [3.63, 3.8) is 0 Å². The molecular weight excluding hydrogens is 240 g/mol. The van der Waals surface area contributed by atoms with Gasteiger partial charge in [0.05, 0.1) is 13.0 Å². The Morgan fingerprint density at radius 3 is 2.67 bits per heavy atom. The molecule has 1 saturated carbocycles. The van der Waals surface area contributed by atoms with Crippen LogP contribution in [-0.4, -0.2) is 36.7 Å². The zero-order chi connectivity index (χ0) is 13.3. The van der Waals surface area contributed by atoms with Crippen molar-refractivity contribution < 1.29 is 28.6 Å². The van der Waals surface area contributed by atoms with Crippen LogP contribution in [0.25, 0.3) is 0 Å². The molecule has 6 nitrogen and oxygen atoms in total. The van der Waals surface area contributed by atoms with Crippen molar-refractivity contribution in [2.24, 2.45) is 11.8 Å². The molecule has 1 aliphatic carbocycles. The maximum atomic E-state index is 11.2. The predicted octanol–water partition coefficient (Wildman–Crippen LogP) is 0.433. The summed E-state index contributed by atoms with van der Waals surface area (Å²) in [6, 6.07) is 0. The SMILES string of the molecule is CC(=O)OC[C@@H]1[C@H]2CC(=O)O[C@@H]2C[C@H]1OC(C)=O. The molecular formula is C12H16O6. The Kier molecular flexibility index (Phi) is 3.54. The van der Waals surface area contributed by atoms with E-state index in [9.17, 15) is 14.4 Å².